The van der Waals surface area contributed by atoms with E-state index < -0.39 is 0 Å². The molecule has 0 bridgehead atoms. The first-order chi connectivity index (χ1) is 7.84. The molecule has 1 saturated heterocycles. The highest BCUT2D eigenvalue weighted by Crippen LogP contribution is 2.29. The summed E-state index contributed by atoms with van der Waals surface area (Å²) in [5.41, 5.74) is 0. The van der Waals surface area contributed by atoms with Crippen LogP contribution in [0.25, 0.3) is 11.6 Å². The third kappa shape index (κ3) is 1.51. The normalized spacial score (nSPS) is 20.5. The van der Waals surface area contributed by atoms with Gasteiger partial charge in [-0.1, -0.05) is 5.16 Å². The zero-order chi connectivity index (χ0) is 11.0. The Morgan fingerprint density at radius 1 is 1.56 bits per heavy atom. The highest BCUT2D eigenvalue weighted by Gasteiger charge is 2.31. The summed E-state index contributed by atoms with van der Waals surface area (Å²) in [5.74, 6) is 2.22. The van der Waals surface area contributed by atoms with Gasteiger partial charge in [-0.3, -0.25) is 9.89 Å². The van der Waals surface area contributed by atoms with E-state index in [1.165, 1.54) is 6.33 Å². The van der Waals surface area contributed by atoms with Crippen LogP contribution in [-0.4, -0.2) is 42.6 Å². The van der Waals surface area contributed by atoms with E-state index >= 15 is 0 Å². The molecule has 3 rings (SSSR count). The fourth-order valence-corrected chi connectivity index (χ4v) is 2.55. The van der Waals surface area contributed by atoms with Crippen LogP contribution in [0.2, 0.25) is 0 Å². The molecule has 3 heterocycles. The van der Waals surface area contributed by atoms with Crippen LogP contribution in [0.1, 0.15) is 11.8 Å². The second kappa shape index (κ2) is 3.71. The minimum Gasteiger partial charge on any atom is -0.338 e. The van der Waals surface area contributed by atoms with Gasteiger partial charge in [-0.25, -0.2) is 4.98 Å². The molecule has 1 aliphatic heterocycles. The number of thioether (sulfide) groups is 1. The standard InChI is InChI=1S/C8H7N5O2S/c14-5-2-16-1-4(5)8-11-7(13-15-8)6-9-3-10-12-6/h3-4H,1-2H2,(H,9,10,12). The molecule has 0 aliphatic carbocycles. The third-order valence-electron chi connectivity index (χ3n) is 2.28. The number of rotatable bonds is 2. The maximum Gasteiger partial charge on any atom is 0.239 e. The van der Waals surface area contributed by atoms with Gasteiger partial charge in [0.1, 0.15) is 12.2 Å². The molecule has 2 aromatic heterocycles. The Kier molecular flexibility index (Phi) is 2.21. The lowest BCUT2D eigenvalue weighted by molar-refractivity contribution is -0.117. The van der Waals surface area contributed by atoms with Gasteiger partial charge >= 0.3 is 0 Å². The van der Waals surface area contributed by atoms with E-state index in [9.17, 15) is 4.79 Å². The number of ketones is 1. The van der Waals surface area contributed by atoms with E-state index in [-0.39, 0.29) is 11.7 Å². The Labute approximate surface area is 94.0 Å². The Morgan fingerprint density at radius 2 is 2.50 bits per heavy atom. The van der Waals surface area contributed by atoms with Gasteiger partial charge in [-0.2, -0.15) is 21.8 Å². The smallest absolute Gasteiger partial charge is 0.239 e. The number of hydrogen-bond donors (Lipinski definition) is 1. The Bertz CT molecular complexity index is 508. The zero-order valence-electron chi connectivity index (χ0n) is 8.08. The molecule has 1 atom stereocenters. The second-order valence-corrected chi connectivity index (χ2v) is 4.35. The minimum absolute atomic E-state index is 0.137. The zero-order valence-corrected chi connectivity index (χ0v) is 8.90. The highest BCUT2D eigenvalue weighted by atomic mass is 32.2. The predicted molar refractivity (Wildman–Crippen MR) is 54.7 cm³/mol. The Morgan fingerprint density at radius 3 is 3.19 bits per heavy atom. The quantitative estimate of drug-likeness (QED) is 0.799. The van der Waals surface area contributed by atoms with Crippen molar-refractivity contribution in [3.63, 3.8) is 0 Å². The van der Waals surface area contributed by atoms with Crippen molar-refractivity contribution in [2.75, 3.05) is 11.5 Å². The van der Waals surface area contributed by atoms with E-state index in [0.29, 0.717) is 29.0 Å². The van der Waals surface area contributed by atoms with Gasteiger partial charge in [0.05, 0.1) is 5.75 Å². The number of carbonyl (C=O) groups excluding carboxylic acids is 1. The average molecular weight is 237 g/mol. The number of Topliss-reactive ketones (excluding diaryl/α,β-unsaturated/α-hetero) is 1. The number of hydrogen-bond acceptors (Lipinski definition) is 7. The fraction of sp³-hybridized carbons (Fsp3) is 0.375. The van der Waals surface area contributed by atoms with Crippen LogP contribution in [0.4, 0.5) is 0 Å². The SMILES string of the molecule is O=C1CSCC1c1nc(-c2ncn[nH]2)no1. The van der Waals surface area contributed by atoms with Crippen molar-refractivity contribution in [2.24, 2.45) is 0 Å². The van der Waals surface area contributed by atoms with Crippen LogP contribution in [0.3, 0.4) is 0 Å². The molecule has 8 heteroatoms. The average Bonchev–Trinajstić information content (AvgIpc) is 2.96. The second-order valence-electron chi connectivity index (χ2n) is 3.32. The van der Waals surface area contributed by atoms with Crippen LogP contribution in [0.15, 0.2) is 10.9 Å². The molecule has 0 spiro atoms. The number of H-pyrrole nitrogens is 1. The summed E-state index contributed by atoms with van der Waals surface area (Å²) in [6, 6.07) is 0. The van der Waals surface area contributed by atoms with Crippen LogP contribution in [0, 0.1) is 0 Å². The summed E-state index contributed by atoms with van der Waals surface area (Å²) in [7, 11) is 0. The molecule has 7 nitrogen and oxygen atoms in total. The lowest BCUT2D eigenvalue weighted by Gasteiger charge is -1.97. The lowest BCUT2D eigenvalue weighted by Crippen LogP contribution is -2.09. The van der Waals surface area contributed by atoms with Crippen molar-refractivity contribution >= 4 is 17.5 Å². The van der Waals surface area contributed by atoms with Crippen LogP contribution in [0.5, 0.6) is 0 Å². The molecular formula is C8H7N5O2S. The number of aromatic amines is 1. The van der Waals surface area contributed by atoms with Gasteiger partial charge in [0.2, 0.25) is 11.7 Å². The third-order valence-corrected chi connectivity index (χ3v) is 3.34. The number of aromatic nitrogens is 5. The first-order valence-electron chi connectivity index (χ1n) is 4.64. The summed E-state index contributed by atoms with van der Waals surface area (Å²) in [6.45, 7) is 0. The summed E-state index contributed by atoms with van der Waals surface area (Å²) in [6.07, 6.45) is 1.36. The molecule has 0 aromatic carbocycles. The van der Waals surface area contributed by atoms with Crippen molar-refractivity contribution in [3.8, 4) is 11.6 Å². The summed E-state index contributed by atoms with van der Waals surface area (Å²) >= 11 is 1.58. The molecule has 16 heavy (non-hydrogen) atoms. The van der Waals surface area contributed by atoms with Crippen LogP contribution >= 0.6 is 11.8 Å². The molecular weight excluding hydrogens is 230 g/mol. The first kappa shape index (κ1) is 9.52. The predicted octanol–water partition coefficient (Wildman–Crippen LogP) is 0.254. The maximum absolute atomic E-state index is 11.5. The molecule has 1 fully saturated rings. The van der Waals surface area contributed by atoms with Gasteiger partial charge in [-0.05, 0) is 0 Å². The maximum atomic E-state index is 11.5. The molecule has 1 N–H and O–H groups in total. The summed E-state index contributed by atoms with van der Waals surface area (Å²) < 4.78 is 5.06. The Hall–Kier alpha value is -1.70. The van der Waals surface area contributed by atoms with Crippen molar-refractivity contribution in [1.82, 2.24) is 25.3 Å². The van der Waals surface area contributed by atoms with Gasteiger partial charge < -0.3 is 4.52 Å². The molecule has 1 aliphatic rings. The van der Waals surface area contributed by atoms with Crippen molar-refractivity contribution in [1.29, 1.82) is 0 Å². The van der Waals surface area contributed by atoms with Gasteiger partial charge in [0.15, 0.2) is 11.6 Å². The van der Waals surface area contributed by atoms with Crippen molar-refractivity contribution in [2.45, 2.75) is 5.92 Å². The summed E-state index contributed by atoms with van der Waals surface area (Å²) in [5, 5.41) is 10.1. The Balaban J connectivity index is 1.91. The first-order valence-corrected chi connectivity index (χ1v) is 5.80. The number of nitrogens with zero attached hydrogens (tertiary/aromatic N) is 4. The van der Waals surface area contributed by atoms with Crippen LogP contribution < -0.4 is 0 Å². The number of nitrogens with one attached hydrogen (secondary N) is 1. The molecule has 0 saturated carbocycles. The van der Waals surface area contributed by atoms with E-state index in [1.54, 1.807) is 11.8 Å². The lowest BCUT2D eigenvalue weighted by atomic mass is 10.1. The van der Waals surface area contributed by atoms with E-state index in [4.69, 9.17) is 4.52 Å². The molecule has 2 aromatic rings. The number of carbonyl (C=O) groups is 1. The molecule has 82 valence electrons. The van der Waals surface area contributed by atoms with E-state index in [0.717, 1.165) is 0 Å². The molecule has 0 amide bonds. The van der Waals surface area contributed by atoms with Gasteiger partial charge in [0, 0.05) is 5.75 Å². The molecule has 0 radical (unpaired) electrons. The monoisotopic (exact) mass is 237 g/mol. The topological polar surface area (TPSA) is 97.6 Å². The molecule has 1 unspecified atom stereocenters. The van der Waals surface area contributed by atoms with Crippen molar-refractivity contribution < 1.29 is 9.32 Å². The fourth-order valence-electron chi connectivity index (χ4n) is 1.47. The minimum atomic E-state index is -0.269. The van der Waals surface area contributed by atoms with Gasteiger partial charge in [0.25, 0.3) is 0 Å². The van der Waals surface area contributed by atoms with Gasteiger partial charge in [-0.15, -0.1) is 0 Å². The van der Waals surface area contributed by atoms with E-state index in [2.05, 4.69) is 25.3 Å². The van der Waals surface area contributed by atoms with E-state index in [1.807, 2.05) is 0 Å². The largest absolute Gasteiger partial charge is 0.338 e. The summed E-state index contributed by atoms with van der Waals surface area (Å²) in [4.78, 5) is 19.5. The highest BCUT2D eigenvalue weighted by molar-refractivity contribution is 8.00. The van der Waals surface area contributed by atoms with Crippen molar-refractivity contribution in [3.05, 3.63) is 12.2 Å². The van der Waals surface area contributed by atoms with Crippen LogP contribution in [-0.2, 0) is 4.79 Å².